The van der Waals surface area contributed by atoms with E-state index < -0.39 is 15.7 Å². The van der Waals surface area contributed by atoms with Crippen molar-refractivity contribution < 1.29 is 44.2 Å². The minimum Gasteiger partial charge on any atom is -0.369 e. The number of hydrogen-bond acceptors (Lipinski definition) is 19. The first kappa shape index (κ1) is 98.2. The Morgan fingerprint density at radius 1 is 0.407 bits per heavy atom. The molecular formula is C103H142FN19O9S3. The summed E-state index contributed by atoms with van der Waals surface area (Å²) in [6, 6.07) is 41.8. The number of rotatable bonds is 21. The van der Waals surface area contributed by atoms with Crippen LogP contribution in [0.2, 0.25) is 0 Å². The number of anilines is 5. The van der Waals surface area contributed by atoms with Crippen LogP contribution in [-0.4, -0.2) is 302 Å². The number of amides is 10. The number of nitrogens with zero attached hydrogens (tertiary/aromatic N) is 16. The Kier molecular flexibility index (Phi) is 31.0. The molecule has 2 aromatic heterocycles. The molecule has 135 heavy (non-hydrogen) atoms. The van der Waals surface area contributed by atoms with Crippen molar-refractivity contribution in [1.29, 1.82) is 0 Å². The van der Waals surface area contributed by atoms with E-state index in [0.29, 0.717) is 96.2 Å². The smallest absolute Gasteiger partial charge is 0.327 e. The third kappa shape index (κ3) is 23.4. The zero-order valence-corrected chi connectivity index (χ0v) is 83.5. The van der Waals surface area contributed by atoms with Crippen molar-refractivity contribution >= 4 is 122 Å². The van der Waals surface area contributed by atoms with Crippen LogP contribution >= 0.6 is 35.3 Å². The molecule has 9 fully saturated rings. The molecule has 18 rings (SSSR count). The highest BCUT2D eigenvalue weighted by molar-refractivity contribution is 8.01. The number of imidazole rings is 1. The molecule has 0 saturated carbocycles. The van der Waals surface area contributed by atoms with E-state index in [1.54, 1.807) is 40.4 Å². The Labute approximate surface area is 810 Å². The number of aromatic amines is 1. The van der Waals surface area contributed by atoms with Crippen molar-refractivity contribution in [2.75, 3.05) is 184 Å². The van der Waals surface area contributed by atoms with Gasteiger partial charge in [0.15, 0.2) is 5.65 Å². The predicted molar refractivity (Wildman–Crippen MR) is 541 cm³/mol. The Bertz CT molecular complexity index is 5240. The topological polar surface area (TPSA) is 257 Å². The van der Waals surface area contributed by atoms with Gasteiger partial charge in [-0.2, -0.15) is 0 Å². The standard InChI is InChI=1S/2C35H48N6O3S.C33H44FN7O3S.H2/c2*1-35(2,3)15-18-40-32(43)30(45-33(40)27-10-6-8-12-29(27)38-21-19-37(4)20-22-38)23-31(42)39-16-13-26(14-17-39)41-24-25-9-5-7-11-28(25)36-34(41)44;1-33(2,3)12-16-40-30(43)26(45-31(40)23-7-5-8-24(34)28(23)39-19-17-37(4)18-20-39)21-27(42)38-14-10-22(11-15-38)41-25-9-6-13-35-29(25)36-32(41)44;/h2*5-12,26,30,33H,13-24H2,1-4H3,(H,36,44);5-9,13,22,26,31H,10-12,14-21H2,1-4H3,(H,35,36,44);1H/t30-,33+;30-,33-;;/m00../s1. The fourth-order valence-electron chi connectivity index (χ4n) is 20.5. The number of fused-ring (bicyclic) bond motifs is 3. The maximum Gasteiger partial charge on any atom is 0.327 e. The average Bonchev–Trinajstić information content (AvgIpc) is 1.60. The predicted octanol–water partition coefficient (Wildman–Crippen LogP) is 15.0. The van der Waals surface area contributed by atoms with Gasteiger partial charge in [0.1, 0.15) is 21.9 Å². The van der Waals surface area contributed by atoms with Crippen molar-refractivity contribution in [1.82, 2.24) is 68.4 Å². The van der Waals surface area contributed by atoms with Gasteiger partial charge in [0.25, 0.3) is 0 Å². The van der Waals surface area contributed by atoms with Crippen molar-refractivity contribution in [3.05, 3.63) is 178 Å². The number of piperazine rings is 3. The van der Waals surface area contributed by atoms with Crippen LogP contribution in [0.4, 0.5) is 42.4 Å². The molecule has 728 valence electrons. The fourth-order valence-corrected chi connectivity index (χ4v) is 25.1. The van der Waals surface area contributed by atoms with Crippen LogP contribution in [0.3, 0.4) is 0 Å². The van der Waals surface area contributed by atoms with Crippen LogP contribution in [0.1, 0.15) is 191 Å². The van der Waals surface area contributed by atoms with Gasteiger partial charge in [-0.25, -0.2) is 23.8 Å². The second kappa shape index (κ2) is 42.6. The molecule has 0 spiro atoms. The van der Waals surface area contributed by atoms with Gasteiger partial charge >= 0.3 is 17.8 Å². The van der Waals surface area contributed by atoms with E-state index in [1.807, 2.05) is 93.8 Å². The van der Waals surface area contributed by atoms with E-state index in [0.717, 1.165) is 157 Å². The summed E-state index contributed by atoms with van der Waals surface area (Å²) in [6.45, 7) is 37.3. The molecule has 0 bridgehead atoms. The molecule has 10 amide bonds. The van der Waals surface area contributed by atoms with E-state index in [1.165, 1.54) is 40.3 Å². The number of urea groups is 2. The Balaban J connectivity index is 0.000000155. The van der Waals surface area contributed by atoms with Crippen molar-refractivity contribution in [2.24, 2.45) is 16.2 Å². The number of carbonyl (C=O) groups is 8. The number of carbonyl (C=O) groups excluding carboxylic acids is 8. The maximum absolute atomic E-state index is 15.5. The molecule has 32 heteroatoms. The molecule has 28 nitrogen and oxygen atoms in total. The van der Waals surface area contributed by atoms with Crippen LogP contribution in [0.15, 0.2) is 138 Å². The summed E-state index contributed by atoms with van der Waals surface area (Å²) in [7, 11) is 6.40. The number of likely N-dealkylation sites (N-methyl/N-ethyl adjacent to an activating group) is 3. The maximum atomic E-state index is 15.5. The van der Waals surface area contributed by atoms with Crippen LogP contribution in [-0.2, 0) is 41.9 Å². The number of hydrogen-bond donors (Lipinski definition) is 3. The highest BCUT2D eigenvalue weighted by atomic mass is 32.2. The number of nitrogens with one attached hydrogen (secondary N) is 3. The molecule has 11 aliphatic rings. The van der Waals surface area contributed by atoms with E-state index in [9.17, 15) is 43.2 Å². The van der Waals surface area contributed by atoms with Gasteiger partial charge in [-0.15, -0.1) is 35.3 Å². The lowest BCUT2D eigenvalue weighted by atomic mass is 9.92. The third-order valence-electron chi connectivity index (χ3n) is 28.9. The molecule has 13 heterocycles. The SMILES string of the molecule is CN1CCN(c2c(F)cccc2C2SC(CC(=O)N3CCC(n4c(=O)[nH]c5ncccc54)CC3)C(=O)N2CCC(C)(C)C)CC1.CN1CCN(c2ccccc2[C@@H]2S[C@@H](CC(=O)N3CCC(N4Cc5ccccc5NC4=O)CC3)C(=O)N2CCC(C)(C)C)CC1.CN1CCN(c2ccccc2[C@H]2S[C@@H](CC(=O)N3CCC(N4Cc5ccccc5NC4=O)CC3)C(=O)N2CCC(C)(C)C)CC1.[HH]. The van der Waals surface area contributed by atoms with Gasteiger partial charge < -0.3 is 79.2 Å². The first-order valence-electron chi connectivity index (χ1n) is 49.0. The highest BCUT2D eigenvalue weighted by Gasteiger charge is 2.49. The molecule has 9 saturated heterocycles. The second-order valence-electron chi connectivity index (χ2n) is 42.2. The molecule has 3 N–H and O–H groups in total. The number of pyridine rings is 1. The number of thioether (sulfide) groups is 3. The number of likely N-dealkylation sites (tertiary alicyclic amines) is 3. The lowest BCUT2D eigenvalue weighted by Crippen LogP contribution is -2.51. The van der Waals surface area contributed by atoms with E-state index in [4.69, 9.17) is 0 Å². The first-order chi connectivity index (χ1) is 64.6. The van der Waals surface area contributed by atoms with Gasteiger partial charge in [0, 0.05) is 235 Å². The Morgan fingerprint density at radius 3 is 1.15 bits per heavy atom. The number of para-hydroxylation sites is 5. The zero-order valence-electron chi connectivity index (χ0n) is 81.1. The summed E-state index contributed by atoms with van der Waals surface area (Å²) < 4.78 is 17.3. The lowest BCUT2D eigenvalue weighted by Gasteiger charge is -2.40. The minimum absolute atomic E-state index is 0. The molecule has 6 atom stereocenters. The van der Waals surface area contributed by atoms with Gasteiger partial charge in [-0.05, 0) is 149 Å². The summed E-state index contributed by atoms with van der Waals surface area (Å²) in [4.78, 5) is 158. The summed E-state index contributed by atoms with van der Waals surface area (Å²) in [5.41, 5.74) is 11.5. The molecule has 0 radical (unpaired) electrons. The quantitative estimate of drug-likeness (QED) is 0.0604. The average molecular weight is 1910 g/mol. The number of halogens is 1. The molecule has 5 aromatic carbocycles. The normalized spacial score (nSPS) is 23.0. The van der Waals surface area contributed by atoms with Crippen LogP contribution in [0, 0.1) is 22.1 Å². The summed E-state index contributed by atoms with van der Waals surface area (Å²) >= 11 is 4.78. The second-order valence-corrected chi connectivity index (χ2v) is 46.0. The number of H-pyrrole nitrogens is 1. The number of aromatic nitrogens is 3. The van der Waals surface area contributed by atoms with Crippen molar-refractivity contribution in [3.63, 3.8) is 0 Å². The monoisotopic (exact) mass is 1900 g/mol. The number of piperidine rings is 3. The van der Waals surface area contributed by atoms with Gasteiger partial charge in [-0.3, -0.25) is 38.3 Å². The Hall–Kier alpha value is -9.86. The van der Waals surface area contributed by atoms with Crippen molar-refractivity contribution in [2.45, 2.75) is 202 Å². The third-order valence-corrected chi connectivity index (χ3v) is 33.3. The van der Waals surface area contributed by atoms with E-state index in [2.05, 4.69) is 194 Å². The van der Waals surface area contributed by atoms with Gasteiger partial charge in [0.05, 0.1) is 27.0 Å². The minimum atomic E-state index is -0.536. The van der Waals surface area contributed by atoms with Crippen LogP contribution < -0.4 is 31.0 Å². The fraction of sp³-hybridized carbons (Fsp3) is 0.573. The van der Waals surface area contributed by atoms with E-state index in [-0.39, 0.29) is 130 Å². The summed E-state index contributed by atoms with van der Waals surface area (Å²) in [6.07, 6.45) is 9.05. The number of benzene rings is 5. The molecule has 0 aliphatic carbocycles. The van der Waals surface area contributed by atoms with Gasteiger partial charge in [0.2, 0.25) is 35.4 Å². The molecule has 7 aromatic rings. The molecular weight excluding hydrogens is 1760 g/mol. The first-order valence-corrected chi connectivity index (χ1v) is 51.8. The van der Waals surface area contributed by atoms with E-state index >= 15 is 4.39 Å². The van der Waals surface area contributed by atoms with Gasteiger partial charge in [-0.1, -0.05) is 147 Å². The largest absolute Gasteiger partial charge is 0.369 e. The molecule has 11 aliphatic heterocycles. The highest BCUT2D eigenvalue weighted by Crippen LogP contribution is 2.52. The Morgan fingerprint density at radius 2 is 0.756 bits per heavy atom. The molecule has 2 unspecified atom stereocenters. The summed E-state index contributed by atoms with van der Waals surface area (Å²) in [5.74, 6) is -0.142. The lowest BCUT2D eigenvalue weighted by molar-refractivity contribution is -0.137. The summed E-state index contributed by atoms with van der Waals surface area (Å²) in [5, 5.41) is 4.12. The van der Waals surface area contributed by atoms with Crippen LogP contribution in [0.25, 0.3) is 11.2 Å². The van der Waals surface area contributed by atoms with Crippen LogP contribution in [0.5, 0.6) is 0 Å². The van der Waals surface area contributed by atoms with Crippen molar-refractivity contribution in [3.8, 4) is 0 Å². The zero-order chi connectivity index (χ0) is 95.3.